The fourth-order valence-electron chi connectivity index (χ4n) is 2.67. The maximum Gasteiger partial charge on any atom is 0.273 e. The van der Waals surface area contributed by atoms with Crippen molar-refractivity contribution in [2.24, 2.45) is 11.7 Å². The van der Waals surface area contributed by atoms with Gasteiger partial charge in [-0.05, 0) is 17.4 Å². The Balaban J connectivity index is 1.53. The van der Waals surface area contributed by atoms with Crippen LogP contribution in [-0.4, -0.2) is 24.0 Å². The highest BCUT2D eigenvalue weighted by atomic mass is 16.3. The summed E-state index contributed by atoms with van der Waals surface area (Å²) in [7, 11) is 0. The molecule has 1 atom stereocenters. The largest absolute Gasteiger partial charge is 0.446 e. The Morgan fingerprint density at radius 3 is 2.73 bits per heavy atom. The minimum atomic E-state index is -0.315. The number of aromatic nitrogens is 1. The van der Waals surface area contributed by atoms with Crippen molar-refractivity contribution < 1.29 is 9.21 Å². The molecule has 2 aromatic carbocycles. The maximum absolute atomic E-state index is 12.2. The van der Waals surface area contributed by atoms with Crippen LogP contribution in [0.15, 0.2) is 53.1 Å². The van der Waals surface area contributed by atoms with Gasteiger partial charge in [0.25, 0.3) is 5.91 Å². The summed E-state index contributed by atoms with van der Waals surface area (Å²) < 4.78 is 5.32. The number of nitrogens with two attached hydrogens (primary N) is 1. The van der Waals surface area contributed by atoms with Crippen LogP contribution < -0.4 is 16.4 Å². The van der Waals surface area contributed by atoms with E-state index in [1.807, 2.05) is 38.1 Å². The number of oxazole rings is 1. The third kappa shape index (κ3) is 4.03. The summed E-state index contributed by atoms with van der Waals surface area (Å²) in [4.78, 5) is 16.4. The van der Waals surface area contributed by atoms with Gasteiger partial charge in [-0.25, -0.2) is 4.98 Å². The molecule has 0 aliphatic rings. The SMILES string of the molecule is CC(C)C(N)c1nc(C(=O)NCCNc2cccc3ccccc23)co1. The lowest BCUT2D eigenvalue weighted by atomic mass is 10.1. The summed E-state index contributed by atoms with van der Waals surface area (Å²) in [5.41, 5.74) is 7.28. The molecule has 0 aliphatic carbocycles. The molecule has 0 bridgehead atoms. The molecule has 0 saturated carbocycles. The molecular weight excluding hydrogens is 328 g/mol. The molecule has 3 aromatic rings. The van der Waals surface area contributed by atoms with E-state index < -0.39 is 0 Å². The normalized spacial score (nSPS) is 12.3. The molecular formula is C20H24N4O2. The molecule has 1 unspecified atom stereocenters. The van der Waals surface area contributed by atoms with Crippen molar-refractivity contribution in [3.63, 3.8) is 0 Å². The van der Waals surface area contributed by atoms with Gasteiger partial charge in [0.15, 0.2) is 5.69 Å². The summed E-state index contributed by atoms with van der Waals surface area (Å²) in [5.74, 6) is 0.309. The van der Waals surface area contributed by atoms with Crippen LogP contribution in [0.1, 0.15) is 36.3 Å². The molecule has 1 aromatic heterocycles. The number of rotatable bonds is 7. The van der Waals surface area contributed by atoms with Crippen LogP contribution in [0.5, 0.6) is 0 Å². The number of hydrogen-bond acceptors (Lipinski definition) is 5. The first kappa shape index (κ1) is 17.9. The lowest BCUT2D eigenvalue weighted by Crippen LogP contribution is -2.29. The van der Waals surface area contributed by atoms with E-state index in [1.54, 1.807) is 0 Å². The van der Waals surface area contributed by atoms with Gasteiger partial charge in [-0.2, -0.15) is 0 Å². The lowest BCUT2D eigenvalue weighted by Gasteiger charge is -2.10. The second-order valence-corrected chi connectivity index (χ2v) is 6.55. The van der Waals surface area contributed by atoms with Gasteiger partial charge in [-0.3, -0.25) is 4.79 Å². The van der Waals surface area contributed by atoms with Gasteiger partial charge < -0.3 is 20.8 Å². The van der Waals surface area contributed by atoms with E-state index in [4.69, 9.17) is 10.2 Å². The van der Waals surface area contributed by atoms with E-state index in [0.717, 1.165) is 11.1 Å². The van der Waals surface area contributed by atoms with Gasteiger partial charge in [-0.15, -0.1) is 0 Å². The molecule has 1 amide bonds. The van der Waals surface area contributed by atoms with Crippen molar-refractivity contribution in [3.05, 3.63) is 60.3 Å². The highest BCUT2D eigenvalue weighted by Gasteiger charge is 2.19. The van der Waals surface area contributed by atoms with Crippen molar-refractivity contribution in [1.82, 2.24) is 10.3 Å². The molecule has 0 aliphatic heterocycles. The number of anilines is 1. The highest BCUT2D eigenvalue weighted by molar-refractivity contribution is 5.94. The quantitative estimate of drug-likeness (QED) is 0.567. The Morgan fingerprint density at radius 1 is 1.15 bits per heavy atom. The molecule has 0 fully saturated rings. The summed E-state index contributed by atoms with van der Waals surface area (Å²) in [5, 5.41) is 8.52. The van der Waals surface area contributed by atoms with Gasteiger partial charge >= 0.3 is 0 Å². The first-order valence-electron chi connectivity index (χ1n) is 8.77. The van der Waals surface area contributed by atoms with Crippen molar-refractivity contribution in [2.45, 2.75) is 19.9 Å². The third-order valence-electron chi connectivity index (χ3n) is 4.27. The van der Waals surface area contributed by atoms with Crippen LogP contribution in [0.3, 0.4) is 0 Å². The number of amides is 1. The van der Waals surface area contributed by atoms with Crippen LogP contribution in [0.2, 0.25) is 0 Å². The molecule has 3 rings (SSSR count). The Kier molecular flexibility index (Phi) is 5.53. The second-order valence-electron chi connectivity index (χ2n) is 6.55. The van der Waals surface area contributed by atoms with E-state index in [1.165, 1.54) is 11.6 Å². The lowest BCUT2D eigenvalue weighted by molar-refractivity contribution is 0.0950. The number of fused-ring (bicyclic) bond motifs is 1. The number of carbonyl (C=O) groups is 1. The molecule has 6 nitrogen and oxygen atoms in total. The van der Waals surface area contributed by atoms with Crippen LogP contribution in [-0.2, 0) is 0 Å². The highest BCUT2D eigenvalue weighted by Crippen LogP contribution is 2.22. The van der Waals surface area contributed by atoms with Gasteiger partial charge in [0.1, 0.15) is 6.26 Å². The monoisotopic (exact) mass is 352 g/mol. The van der Waals surface area contributed by atoms with Crippen LogP contribution in [0.25, 0.3) is 10.8 Å². The molecule has 6 heteroatoms. The minimum Gasteiger partial charge on any atom is -0.446 e. The van der Waals surface area contributed by atoms with Gasteiger partial charge in [-0.1, -0.05) is 50.2 Å². The van der Waals surface area contributed by atoms with E-state index >= 15 is 0 Å². The third-order valence-corrected chi connectivity index (χ3v) is 4.27. The summed E-state index contributed by atoms with van der Waals surface area (Å²) in [6.07, 6.45) is 1.35. The molecule has 4 N–H and O–H groups in total. The second kappa shape index (κ2) is 8.01. The standard InChI is InChI=1S/C20H24N4O2/c1-13(2)18(21)20-24-17(12-26-20)19(25)23-11-10-22-16-9-5-7-14-6-3-4-8-15(14)16/h3-9,12-13,18,22H,10-11,21H2,1-2H3,(H,23,25). The van der Waals surface area contributed by atoms with Gasteiger partial charge in [0.05, 0.1) is 6.04 Å². The molecule has 0 saturated heterocycles. The van der Waals surface area contributed by atoms with E-state index in [9.17, 15) is 4.79 Å². The Hall–Kier alpha value is -2.86. The molecule has 1 heterocycles. The topological polar surface area (TPSA) is 93.2 Å². The number of hydrogen-bond donors (Lipinski definition) is 3. The average molecular weight is 352 g/mol. The minimum absolute atomic E-state index is 0.189. The zero-order valence-corrected chi connectivity index (χ0v) is 15.0. The Labute approximate surface area is 152 Å². The Bertz CT molecular complexity index is 883. The zero-order chi connectivity index (χ0) is 18.5. The van der Waals surface area contributed by atoms with Crippen molar-refractivity contribution in [2.75, 3.05) is 18.4 Å². The predicted molar refractivity (Wildman–Crippen MR) is 103 cm³/mol. The predicted octanol–water partition coefficient (Wildman–Crippen LogP) is 3.33. The zero-order valence-electron chi connectivity index (χ0n) is 15.0. The smallest absolute Gasteiger partial charge is 0.273 e. The number of nitrogens with zero attached hydrogens (tertiary/aromatic N) is 1. The van der Waals surface area contributed by atoms with Crippen molar-refractivity contribution in [3.8, 4) is 0 Å². The fraction of sp³-hybridized carbons (Fsp3) is 0.300. The van der Waals surface area contributed by atoms with Crippen molar-refractivity contribution >= 4 is 22.4 Å². The molecule has 0 radical (unpaired) electrons. The van der Waals surface area contributed by atoms with E-state index in [0.29, 0.717) is 19.0 Å². The van der Waals surface area contributed by atoms with Crippen molar-refractivity contribution in [1.29, 1.82) is 0 Å². The first-order valence-corrected chi connectivity index (χ1v) is 8.77. The van der Waals surface area contributed by atoms with Crippen LogP contribution in [0, 0.1) is 5.92 Å². The Morgan fingerprint density at radius 2 is 1.92 bits per heavy atom. The first-order chi connectivity index (χ1) is 12.6. The van der Waals surface area contributed by atoms with Gasteiger partial charge in [0.2, 0.25) is 5.89 Å². The number of carbonyl (C=O) groups excluding carboxylic acids is 1. The van der Waals surface area contributed by atoms with Crippen LogP contribution >= 0.6 is 0 Å². The number of benzene rings is 2. The number of nitrogens with one attached hydrogen (secondary N) is 2. The fourth-order valence-corrected chi connectivity index (χ4v) is 2.67. The summed E-state index contributed by atoms with van der Waals surface area (Å²) in [6.45, 7) is 5.04. The maximum atomic E-state index is 12.2. The summed E-state index contributed by atoms with van der Waals surface area (Å²) in [6, 6.07) is 14.0. The molecule has 136 valence electrons. The van der Waals surface area contributed by atoms with Gasteiger partial charge in [0, 0.05) is 24.2 Å². The van der Waals surface area contributed by atoms with E-state index in [2.05, 4.69) is 33.8 Å². The molecule has 26 heavy (non-hydrogen) atoms. The molecule has 0 spiro atoms. The summed E-state index contributed by atoms with van der Waals surface area (Å²) >= 11 is 0. The average Bonchev–Trinajstić information content (AvgIpc) is 3.14. The van der Waals surface area contributed by atoms with Crippen LogP contribution in [0.4, 0.5) is 5.69 Å². The van der Waals surface area contributed by atoms with E-state index in [-0.39, 0.29) is 23.6 Å².